The summed E-state index contributed by atoms with van der Waals surface area (Å²) in [6.07, 6.45) is 5.51. The van der Waals surface area contributed by atoms with Crippen molar-refractivity contribution in [2.24, 2.45) is 7.05 Å². The third-order valence-corrected chi connectivity index (χ3v) is 7.12. The van der Waals surface area contributed by atoms with Crippen LogP contribution in [-0.4, -0.2) is 70.7 Å². The zero-order valence-corrected chi connectivity index (χ0v) is 22.7. The first-order valence-electron chi connectivity index (χ1n) is 11.9. The zero-order chi connectivity index (χ0) is 26.1. The SMILES string of the molecule is COc1cc(N2CCN(C(C)=O)CC2)c(OC)cc1Nc1ncc(Br)c(-c2cnc3c(ccn3C)c2)n1. The van der Waals surface area contributed by atoms with Crippen molar-refractivity contribution in [2.75, 3.05) is 50.6 Å². The molecule has 1 aromatic carbocycles. The lowest BCUT2D eigenvalue weighted by Gasteiger charge is -2.36. The number of pyridine rings is 1. The van der Waals surface area contributed by atoms with E-state index >= 15 is 0 Å². The first-order chi connectivity index (χ1) is 17.9. The van der Waals surface area contributed by atoms with Crippen LogP contribution in [-0.2, 0) is 11.8 Å². The summed E-state index contributed by atoms with van der Waals surface area (Å²) in [7, 11) is 5.23. The molecule has 1 aliphatic heterocycles. The number of aryl methyl sites for hydroxylation is 1. The maximum Gasteiger partial charge on any atom is 0.227 e. The van der Waals surface area contributed by atoms with Crippen LogP contribution >= 0.6 is 15.9 Å². The molecular formula is C26H28BrN7O3. The lowest BCUT2D eigenvalue weighted by atomic mass is 10.1. The second-order valence-corrected chi connectivity index (χ2v) is 9.65. The molecule has 0 unspecified atom stereocenters. The normalized spacial score (nSPS) is 13.6. The van der Waals surface area contributed by atoms with E-state index in [9.17, 15) is 4.79 Å². The maximum atomic E-state index is 11.7. The summed E-state index contributed by atoms with van der Waals surface area (Å²) in [6, 6.07) is 7.91. The number of fused-ring (bicyclic) bond motifs is 1. The Morgan fingerprint density at radius 3 is 2.49 bits per heavy atom. The van der Waals surface area contributed by atoms with Crippen LogP contribution in [0.25, 0.3) is 22.3 Å². The number of halogens is 1. The molecule has 1 N–H and O–H groups in total. The molecule has 1 fully saturated rings. The predicted molar refractivity (Wildman–Crippen MR) is 147 cm³/mol. The number of nitrogens with zero attached hydrogens (tertiary/aromatic N) is 6. The van der Waals surface area contributed by atoms with Gasteiger partial charge in [0.1, 0.15) is 17.1 Å². The fourth-order valence-corrected chi connectivity index (χ4v) is 4.94. The van der Waals surface area contributed by atoms with Gasteiger partial charge in [-0.05, 0) is 28.1 Å². The fraction of sp³-hybridized carbons (Fsp3) is 0.308. The number of hydrogen-bond acceptors (Lipinski definition) is 8. The Hall–Kier alpha value is -3.86. The van der Waals surface area contributed by atoms with Crippen molar-refractivity contribution in [2.45, 2.75) is 6.92 Å². The fourth-order valence-electron chi connectivity index (χ4n) is 4.52. The number of rotatable bonds is 6. The summed E-state index contributed by atoms with van der Waals surface area (Å²) in [5.41, 5.74) is 4.09. The molecule has 4 aromatic rings. The Bertz CT molecular complexity index is 1460. The predicted octanol–water partition coefficient (Wildman–Crippen LogP) is 4.22. The number of ether oxygens (including phenoxy) is 2. The lowest BCUT2D eigenvalue weighted by Crippen LogP contribution is -2.48. The van der Waals surface area contributed by atoms with E-state index in [0.717, 1.165) is 32.5 Å². The van der Waals surface area contributed by atoms with Gasteiger partial charge in [0.05, 0.1) is 35.8 Å². The standard InChI is InChI=1S/C26H28BrN7O3/c1-16(35)33-7-9-34(10-8-33)21-13-22(36-3)20(12-23(21)37-4)30-26-29-15-19(27)24(31-26)18-11-17-5-6-32(2)25(17)28-14-18/h5-6,11-15H,7-10H2,1-4H3,(H,29,30,31). The molecule has 4 heterocycles. The Morgan fingerprint density at radius 1 is 1.03 bits per heavy atom. The van der Waals surface area contributed by atoms with Gasteiger partial charge < -0.3 is 29.2 Å². The number of carbonyl (C=O) groups is 1. The van der Waals surface area contributed by atoms with Gasteiger partial charge in [-0.2, -0.15) is 0 Å². The quantitative estimate of drug-likeness (QED) is 0.371. The highest BCUT2D eigenvalue weighted by atomic mass is 79.9. The van der Waals surface area contributed by atoms with Crippen LogP contribution in [0.1, 0.15) is 6.92 Å². The number of anilines is 3. The summed E-state index contributed by atoms with van der Waals surface area (Å²) >= 11 is 3.58. The Morgan fingerprint density at radius 2 is 1.78 bits per heavy atom. The average molecular weight is 566 g/mol. The van der Waals surface area contributed by atoms with Gasteiger partial charge in [-0.15, -0.1) is 0 Å². The molecule has 0 spiro atoms. The molecule has 0 bridgehead atoms. The van der Waals surface area contributed by atoms with Crippen molar-refractivity contribution >= 4 is 50.2 Å². The number of carbonyl (C=O) groups excluding carboxylic acids is 1. The molecule has 1 saturated heterocycles. The maximum absolute atomic E-state index is 11.7. The number of aromatic nitrogens is 4. The summed E-state index contributed by atoms with van der Waals surface area (Å²) in [4.78, 5) is 29.6. The molecule has 3 aromatic heterocycles. The molecule has 0 radical (unpaired) electrons. The molecule has 192 valence electrons. The number of piperazine rings is 1. The van der Waals surface area contributed by atoms with Crippen molar-refractivity contribution in [1.29, 1.82) is 0 Å². The van der Waals surface area contributed by atoms with E-state index in [-0.39, 0.29) is 5.91 Å². The lowest BCUT2D eigenvalue weighted by molar-refractivity contribution is -0.129. The highest BCUT2D eigenvalue weighted by Crippen LogP contribution is 2.40. The summed E-state index contributed by atoms with van der Waals surface area (Å²) in [5, 5.41) is 4.32. The molecule has 0 aliphatic carbocycles. The van der Waals surface area contributed by atoms with Gasteiger partial charge in [0.15, 0.2) is 0 Å². The largest absolute Gasteiger partial charge is 0.494 e. The van der Waals surface area contributed by atoms with E-state index in [4.69, 9.17) is 14.5 Å². The summed E-state index contributed by atoms with van der Waals surface area (Å²) in [6.45, 7) is 4.36. The van der Waals surface area contributed by atoms with Crippen molar-refractivity contribution in [1.82, 2.24) is 24.4 Å². The van der Waals surface area contributed by atoms with Gasteiger partial charge >= 0.3 is 0 Å². The van der Waals surface area contributed by atoms with Gasteiger partial charge in [0.2, 0.25) is 11.9 Å². The van der Waals surface area contributed by atoms with E-state index in [2.05, 4.69) is 42.2 Å². The Balaban J connectivity index is 1.44. The molecule has 1 amide bonds. The minimum atomic E-state index is 0.0945. The number of nitrogens with one attached hydrogen (secondary N) is 1. The van der Waals surface area contributed by atoms with Crippen molar-refractivity contribution in [3.63, 3.8) is 0 Å². The molecule has 11 heteroatoms. The monoisotopic (exact) mass is 565 g/mol. The van der Waals surface area contributed by atoms with Crippen LogP contribution in [0.3, 0.4) is 0 Å². The minimum absolute atomic E-state index is 0.0945. The topological polar surface area (TPSA) is 97.6 Å². The van der Waals surface area contributed by atoms with Gasteiger partial charge in [0, 0.05) is 81.8 Å². The molecule has 10 nitrogen and oxygen atoms in total. The van der Waals surface area contributed by atoms with Crippen molar-refractivity contribution in [3.8, 4) is 22.8 Å². The first kappa shape index (κ1) is 24.8. The van der Waals surface area contributed by atoms with E-state index in [1.54, 1.807) is 27.3 Å². The Kier molecular flexibility index (Phi) is 6.88. The van der Waals surface area contributed by atoms with Gasteiger partial charge in [-0.3, -0.25) is 4.79 Å². The van der Waals surface area contributed by atoms with Crippen LogP contribution in [0.5, 0.6) is 11.5 Å². The summed E-state index contributed by atoms with van der Waals surface area (Å²) < 4.78 is 14.2. The molecule has 1 aliphatic rings. The van der Waals surface area contributed by atoms with Crippen LogP contribution in [0.2, 0.25) is 0 Å². The molecule has 0 saturated carbocycles. The van der Waals surface area contributed by atoms with E-state index in [1.165, 1.54) is 0 Å². The second-order valence-electron chi connectivity index (χ2n) is 8.80. The van der Waals surface area contributed by atoms with Crippen molar-refractivity contribution in [3.05, 3.63) is 47.3 Å². The smallest absolute Gasteiger partial charge is 0.227 e. The van der Waals surface area contributed by atoms with Crippen LogP contribution in [0.4, 0.5) is 17.3 Å². The second kappa shape index (κ2) is 10.3. The highest BCUT2D eigenvalue weighted by Gasteiger charge is 2.23. The number of methoxy groups -OCH3 is 2. The zero-order valence-electron chi connectivity index (χ0n) is 21.2. The Labute approximate surface area is 223 Å². The molecule has 37 heavy (non-hydrogen) atoms. The number of benzene rings is 1. The third-order valence-electron chi connectivity index (χ3n) is 6.54. The van der Waals surface area contributed by atoms with Gasteiger partial charge in [-0.25, -0.2) is 15.0 Å². The highest BCUT2D eigenvalue weighted by molar-refractivity contribution is 9.10. The van der Waals surface area contributed by atoms with Crippen molar-refractivity contribution < 1.29 is 14.3 Å². The van der Waals surface area contributed by atoms with E-state index in [0.29, 0.717) is 49.3 Å². The molecular weight excluding hydrogens is 538 g/mol. The van der Waals surface area contributed by atoms with Crippen LogP contribution in [0.15, 0.2) is 47.3 Å². The first-order valence-corrected chi connectivity index (χ1v) is 12.6. The number of hydrogen-bond donors (Lipinski definition) is 1. The van der Waals surface area contributed by atoms with Gasteiger partial charge in [0.25, 0.3) is 0 Å². The van der Waals surface area contributed by atoms with E-state index < -0.39 is 0 Å². The minimum Gasteiger partial charge on any atom is -0.494 e. The third kappa shape index (κ3) is 4.91. The summed E-state index contributed by atoms with van der Waals surface area (Å²) in [5.74, 6) is 1.83. The number of amides is 1. The van der Waals surface area contributed by atoms with Crippen LogP contribution < -0.4 is 19.7 Å². The molecule has 0 atom stereocenters. The average Bonchev–Trinajstić information content (AvgIpc) is 3.29. The van der Waals surface area contributed by atoms with Gasteiger partial charge in [-0.1, -0.05) is 0 Å². The molecule has 5 rings (SSSR count). The van der Waals surface area contributed by atoms with E-state index in [1.807, 2.05) is 47.1 Å². The van der Waals surface area contributed by atoms with Crippen LogP contribution in [0, 0.1) is 0 Å².